The van der Waals surface area contributed by atoms with E-state index in [4.69, 9.17) is 37.0 Å². The number of aliphatic hydroxyl groups excluding tert-OH is 1. The molecule has 0 amide bonds. The van der Waals surface area contributed by atoms with E-state index in [0.29, 0.717) is 25.7 Å². The van der Waals surface area contributed by atoms with Crippen LogP contribution in [0.15, 0.2) is 0 Å². The summed E-state index contributed by atoms with van der Waals surface area (Å²) in [5.74, 6) is 0.295. The molecular weight excluding hydrogens is 1350 g/mol. The van der Waals surface area contributed by atoms with Gasteiger partial charge in [-0.05, 0) is 43.4 Å². The number of carbonyl (C=O) groups is 4. The molecule has 19 heteroatoms. The zero-order valence-corrected chi connectivity index (χ0v) is 70.3. The Morgan fingerprint density at radius 1 is 0.279 bits per heavy atom. The molecule has 0 heterocycles. The van der Waals surface area contributed by atoms with Crippen LogP contribution in [0, 0.1) is 17.8 Å². The van der Waals surface area contributed by atoms with Gasteiger partial charge < -0.3 is 33.8 Å². The Bertz CT molecular complexity index is 2010. The molecule has 618 valence electrons. The summed E-state index contributed by atoms with van der Waals surface area (Å²) in [4.78, 5) is 73.2. The monoisotopic (exact) mass is 1520 g/mol. The number of rotatable bonds is 83. The lowest BCUT2D eigenvalue weighted by Gasteiger charge is -2.21. The lowest BCUT2D eigenvalue weighted by molar-refractivity contribution is -0.161. The second-order valence-electron chi connectivity index (χ2n) is 31.5. The van der Waals surface area contributed by atoms with Crippen molar-refractivity contribution < 1.29 is 80.2 Å². The van der Waals surface area contributed by atoms with Crippen molar-refractivity contribution in [3.63, 3.8) is 0 Å². The van der Waals surface area contributed by atoms with Crippen LogP contribution in [0.4, 0.5) is 0 Å². The third kappa shape index (κ3) is 75.5. The molecule has 0 radical (unpaired) electrons. The van der Waals surface area contributed by atoms with Crippen LogP contribution >= 0.6 is 15.6 Å². The van der Waals surface area contributed by atoms with Gasteiger partial charge in [-0.3, -0.25) is 37.3 Å². The first kappa shape index (κ1) is 102. The largest absolute Gasteiger partial charge is 0.472 e. The number of unbranched alkanes of at least 4 members (excludes halogenated alkanes) is 49. The van der Waals surface area contributed by atoms with Gasteiger partial charge in [0.15, 0.2) is 12.2 Å². The zero-order valence-electron chi connectivity index (χ0n) is 68.5. The number of ether oxygens (including phenoxy) is 4. The van der Waals surface area contributed by atoms with Crippen LogP contribution in [-0.4, -0.2) is 96.7 Å². The Morgan fingerprint density at radius 3 is 0.731 bits per heavy atom. The average molecular weight is 1520 g/mol. The molecule has 3 N–H and O–H groups in total. The summed E-state index contributed by atoms with van der Waals surface area (Å²) >= 11 is 0. The van der Waals surface area contributed by atoms with E-state index < -0.39 is 97.5 Å². The number of hydrogen-bond donors (Lipinski definition) is 3. The first-order chi connectivity index (χ1) is 50.3. The quantitative estimate of drug-likeness (QED) is 0.0222. The molecule has 0 aliphatic heterocycles. The summed E-state index contributed by atoms with van der Waals surface area (Å²) in [5.41, 5.74) is 0. The molecule has 0 saturated heterocycles. The Morgan fingerprint density at radius 2 is 0.490 bits per heavy atom. The van der Waals surface area contributed by atoms with Crippen LogP contribution in [-0.2, 0) is 65.4 Å². The minimum absolute atomic E-state index is 0.107. The van der Waals surface area contributed by atoms with Crippen molar-refractivity contribution in [2.45, 2.75) is 465 Å². The average Bonchev–Trinajstić information content (AvgIpc) is 0.915. The maximum atomic E-state index is 13.1. The topological polar surface area (TPSA) is 237 Å². The molecule has 0 rings (SSSR count). The van der Waals surface area contributed by atoms with E-state index >= 15 is 0 Å². The molecule has 104 heavy (non-hydrogen) atoms. The minimum atomic E-state index is -4.97. The standard InChI is InChI=1S/C85H166O17P2/c1-8-11-12-13-14-15-16-17-22-30-35-40-45-54-61-69-85(90)102-81(73-96-83(88)67-60-53-48-47-51-58-65-78(7)10-3)75-100-104(93,94)98-71-79(86)70-97-103(91,92)99-74-80(72-95-82(87)66-59-52-44-39-34-29-26-25-27-32-37-42-49-56-63-76(4)5)101-84(89)68-62-55-46-41-36-31-24-21-19-18-20-23-28-33-38-43-50-57-64-77(6)9-2/h76-81,86H,8-75H2,1-7H3,(H,91,92)(H,93,94)/t77?,78?,79-,80-,81-/m1/s1. The van der Waals surface area contributed by atoms with Gasteiger partial charge in [0.05, 0.1) is 26.4 Å². The highest BCUT2D eigenvalue weighted by Gasteiger charge is 2.30. The van der Waals surface area contributed by atoms with Gasteiger partial charge in [-0.2, -0.15) is 0 Å². The van der Waals surface area contributed by atoms with Crippen LogP contribution in [0.25, 0.3) is 0 Å². The van der Waals surface area contributed by atoms with Crippen molar-refractivity contribution in [1.29, 1.82) is 0 Å². The highest BCUT2D eigenvalue weighted by molar-refractivity contribution is 7.47. The normalized spacial score (nSPS) is 14.4. The van der Waals surface area contributed by atoms with Crippen LogP contribution in [0.3, 0.4) is 0 Å². The fourth-order valence-corrected chi connectivity index (χ4v) is 14.7. The molecule has 4 unspecified atom stereocenters. The first-order valence-electron chi connectivity index (χ1n) is 43.9. The van der Waals surface area contributed by atoms with E-state index in [1.165, 1.54) is 250 Å². The third-order valence-corrected chi connectivity index (χ3v) is 22.5. The highest BCUT2D eigenvalue weighted by Crippen LogP contribution is 2.45. The molecular formula is C85H166O17P2. The molecule has 0 aromatic heterocycles. The molecule has 0 bridgehead atoms. The Kier molecular flexibility index (Phi) is 73.7. The summed E-state index contributed by atoms with van der Waals surface area (Å²) in [5, 5.41) is 10.7. The van der Waals surface area contributed by atoms with E-state index in [-0.39, 0.29) is 25.7 Å². The third-order valence-electron chi connectivity index (χ3n) is 20.6. The van der Waals surface area contributed by atoms with E-state index in [1.807, 2.05) is 0 Å². The molecule has 0 aromatic carbocycles. The van der Waals surface area contributed by atoms with Crippen LogP contribution in [0.1, 0.15) is 447 Å². The van der Waals surface area contributed by atoms with E-state index in [9.17, 15) is 43.2 Å². The minimum Gasteiger partial charge on any atom is -0.462 e. The number of esters is 4. The maximum Gasteiger partial charge on any atom is 0.472 e. The van der Waals surface area contributed by atoms with Gasteiger partial charge >= 0.3 is 39.5 Å². The van der Waals surface area contributed by atoms with Crippen molar-refractivity contribution >= 4 is 39.5 Å². The molecule has 0 aliphatic carbocycles. The fourth-order valence-electron chi connectivity index (χ4n) is 13.1. The summed E-state index contributed by atoms with van der Waals surface area (Å²) in [6, 6.07) is 0. The second-order valence-corrected chi connectivity index (χ2v) is 34.4. The van der Waals surface area contributed by atoms with Crippen molar-refractivity contribution in [2.24, 2.45) is 17.8 Å². The smallest absolute Gasteiger partial charge is 0.462 e. The molecule has 0 aromatic rings. The summed E-state index contributed by atoms with van der Waals surface area (Å²) < 4.78 is 68.8. The predicted octanol–water partition coefficient (Wildman–Crippen LogP) is 25.7. The fraction of sp³-hybridized carbons (Fsp3) is 0.953. The zero-order chi connectivity index (χ0) is 76.5. The lowest BCUT2D eigenvalue weighted by Crippen LogP contribution is -2.30. The number of hydrogen-bond acceptors (Lipinski definition) is 15. The van der Waals surface area contributed by atoms with Gasteiger partial charge in [-0.1, -0.05) is 395 Å². The van der Waals surface area contributed by atoms with Crippen molar-refractivity contribution in [3.05, 3.63) is 0 Å². The van der Waals surface area contributed by atoms with Crippen molar-refractivity contribution in [1.82, 2.24) is 0 Å². The number of phosphoric acid groups is 2. The predicted molar refractivity (Wildman–Crippen MR) is 428 cm³/mol. The maximum absolute atomic E-state index is 13.1. The van der Waals surface area contributed by atoms with Crippen LogP contribution in [0.5, 0.6) is 0 Å². The molecule has 17 nitrogen and oxygen atoms in total. The van der Waals surface area contributed by atoms with Crippen LogP contribution < -0.4 is 0 Å². The Labute approximate surface area is 638 Å². The number of phosphoric ester groups is 2. The van der Waals surface area contributed by atoms with Gasteiger partial charge in [0, 0.05) is 25.7 Å². The second kappa shape index (κ2) is 75.1. The Hall–Kier alpha value is -1.94. The molecule has 0 spiro atoms. The molecule has 0 aliphatic rings. The van der Waals surface area contributed by atoms with Gasteiger partial charge in [0.2, 0.25) is 0 Å². The van der Waals surface area contributed by atoms with Gasteiger partial charge in [0.25, 0.3) is 0 Å². The number of aliphatic hydroxyl groups is 1. The highest BCUT2D eigenvalue weighted by atomic mass is 31.2. The summed E-state index contributed by atoms with van der Waals surface area (Å²) in [6.45, 7) is 12.0. The van der Waals surface area contributed by atoms with E-state index in [0.717, 1.165) is 114 Å². The van der Waals surface area contributed by atoms with Gasteiger partial charge in [-0.15, -0.1) is 0 Å². The Balaban J connectivity index is 5.23. The van der Waals surface area contributed by atoms with Gasteiger partial charge in [-0.25, -0.2) is 9.13 Å². The summed E-state index contributed by atoms with van der Waals surface area (Å²) in [6.07, 6.45) is 65.2. The number of carbonyl (C=O) groups excluding carboxylic acids is 4. The molecule has 0 saturated carbocycles. The van der Waals surface area contributed by atoms with Crippen molar-refractivity contribution in [2.75, 3.05) is 39.6 Å². The van der Waals surface area contributed by atoms with Crippen LogP contribution in [0.2, 0.25) is 0 Å². The lowest BCUT2D eigenvalue weighted by atomic mass is 9.99. The van der Waals surface area contributed by atoms with Crippen molar-refractivity contribution in [3.8, 4) is 0 Å². The first-order valence-corrected chi connectivity index (χ1v) is 46.9. The van der Waals surface area contributed by atoms with Gasteiger partial charge in [0.1, 0.15) is 19.3 Å². The van der Waals surface area contributed by atoms with E-state index in [1.54, 1.807) is 0 Å². The molecule has 0 fully saturated rings. The van der Waals surface area contributed by atoms with E-state index in [2.05, 4.69) is 48.5 Å². The summed E-state index contributed by atoms with van der Waals surface area (Å²) in [7, 11) is -9.93. The molecule has 7 atom stereocenters. The SMILES string of the molecule is CCCCCCCCCCCCCCCCCC(=O)O[C@H](COC(=O)CCCCCCCCC(C)CC)COP(=O)(O)OC[C@H](O)COP(=O)(O)OC[C@@H](COC(=O)CCCCCCCCCCCCCCCCC(C)C)OC(=O)CCCCCCCCCCCCCCCCCCCCC(C)CC.